The lowest BCUT2D eigenvalue weighted by Crippen LogP contribution is -2.00. The normalized spacial score (nSPS) is 9.40. The highest BCUT2D eigenvalue weighted by molar-refractivity contribution is 7.03. The highest BCUT2D eigenvalue weighted by Gasteiger charge is 2.09. The maximum absolute atomic E-state index is 10.8. The summed E-state index contributed by atoms with van der Waals surface area (Å²) < 4.78 is 8.43. The molecule has 0 aliphatic rings. The molecule has 0 saturated carbocycles. The molecule has 0 fully saturated rings. The number of aromatic nitrogens is 1. The average Bonchev–Trinajstić information content (AvgIpc) is 2.34. The van der Waals surface area contributed by atoms with E-state index < -0.39 is 0 Å². The SMILES string of the molecule is COC(=O)c1csnc1C. The Morgan fingerprint density at radius 1 is 1.80 bits per heavy atom. The zero-order chi connectivity index (χ0) is 7.56. The van der Waals surface area contributed by atoms with Crippen LogP contribution in [0, 0.1) is 6.92 Å². The van der Waals surface area contributed by atoms with Crippen LogP contribution in [0.15, 0.2) is 5.38 Å². The molecule has 0 aliphatic heterocycles. The van der Waals surface area contributed by atoms with Crippen molar-refractivity contribution in [3.8, 4) is 0 Å². The van der Waals surface area contributed by atoms with E-state index in [2.05, 4.69) is 9.11 Å². The number of carbonyl (C=O) groups excluding carboxylic acids is 1. The second-order valence-corrected chi connectivity index (χ2v) is 2.43. The number of ether oxygens (including phenoxy) is 1. The molecule has 0 radical (unpaired) electrons. The van der Waals surface area contributed by atoms with E-state index in [-0.39, 0.29) is 5.97 Å². The lowest BCUT2D eigenvalue weighted by molar-refractivity contribution is 0.0600. The summed E-state index contributed by atoms with van der Waals surface area (Å²) in [6.45, 7) is 1.78. The van der Waals surface area contributed by atoms with Gasteiger partial charge < -0.3 is 4.74 Å². The Kier molecular flexibility index (Phi) is 2.01. The summed E-state index contributed by atoms with van der Waals surface area (Å²) in [6, 6.07) is 0. The van der Waals surface area contributed by atoms with E-state index >= 15 is 0 Å². The Labute approximate surface area is 62.8 Å². The zero-order valence-electron chi connectivity index (χ0n) is 5.75. The van der Waals surface area contributed by atoms with Gasteiger partial charge in [0.2, 0.25) is 0 Å². The van der Waals surface area contributed by atoms with Gasteiger partial charge in [0.05, 0.1) is 18.4 Å². The first-order valence-electron chi connectivity index (χ1n) is 2.75. The molecule has 54 valence electrons. The Bertz CT molecular complexity index is 244. The van der Waals surface area contributed by atoms with Gasteiger partial charge in [-0.05, 0) is 18.5 Å². The maximum atomic E-state index is 10.8. The topological polar surface area (TPSA) is 39.2 Å². The standard InChI is InChI=1S/C6H7NO2S/c1-4-5(3-10-7-4)6(8)9-2/h3H,1-2H3. The van der Waals surface area contributed by atoms with Crippen LogP contribution < -0.4 is 0 Å². The first kappa shape index (κ1) is 7.21. The van der Waals surface area contributed by atoms with Gasteiger partial charge in [-0.1, -0.05) is 0 Å². The molecule has 0 bridgehead atoms. The molecule has 0 unspecified atom stereocenters. The van der Waals surface area contributed by atoms with Gasteiger partial charge in [0.1, 0.15) is 0 Å². The number of hydrogen-bond acceptors (Lipinski definition) is 4. The van der Waals surface area contributed by atoms with Crippen molar-refractivity contribution in [3.63, 3.8) is 0 Å². The van der Waals surface area contributed by atoms with Gasteiger partial charge in [-0.15, -0.1) is 0 Å². The molecule has 1 heterocycles. The smallest absolute Gasteiger partial charge is 0.340 e. The van der Waals surface area contributed by atoms with E-state index in [4.69, 9.17) is 0 Å². The molecule has 0 spiro atoms. The Morgan fingerprint density at radius 2 is 2.50 bits per heavy atom. The molecule has 4 heteroatoms. The molecule has 1 aromatic heterocycles. The summed E-state index contributed by atoms with van der Waals surface area (Å²) in [5.41, 5.74) is 1.30. The van der Waals surface area contributed by atoms with Crippen molar-refractivity contribution in [3.05, 3.63) is 16.6 Å². The second kappa shape index (κ2) is 2.79. The quantitative estimate of drug-likeness (QED) is 0.576. The third kappa shape index (κ3) is 1.16. The lowest BCUT2D eigenvalue weighted by atomic mass is 10.3. The van der Waals surface area contributed by atoms with Gasteiger partial charge in [0.15, 0.2) is 0 Å². The van der Waals surface area contributed by atoms with E-state index in [1.54, 1.807) is 12.3 Å². The minimum atomic E-state index is -0.314. The Morgan fingerprint density at radius 3 is 2.90 bits per heavy atom. The zero-order valence-corrected chi connectivity index (χ0v) is 6.57. The van der Waals surface area contributed by atoms with Gasteiger partial charge >= 0.3 is 5.97 Å². The third-order valence-electron chi connectivity index (χ3n) is 1.16. The molecule has 0 amide bonds. The summed E-state index contributed by atoms with van der Waals surface area (Å²) >= 11 is 1.26. The summed E-state index contributed by atoms with van der Waals surface area (Å²) in [5.74, 6) is -0.314. The highest BCUT2D eigenvalue weighted by atomic mass is 32.1. The van der Waals surface area contributed by atoms with Crippen LogP contribution >= 0.6 is 11.5 Å². The van der Waals surface area contributed by atoms with Crippen molar-refractivity contribution in [2.45, 2.75) is 6.92 Å². The Balaban J connectivity index is 2.93. The van der Waals surface area contributed by atoms with Gasteiger partial charge in [0.25, 0.3) is 0 Å². The summed E-state index contributed by atoms with van der Waals surface area (Å²) in [6.07, 6.45) is 0. The fraction of sp³-hybridized carbons (Fsp3) is 0.333. The van der Waals surface area contributed by atoms with Gasteiger partial charge in [-0.25, -0.2) is 4.79 Å². The number of methoxy groups -OCH3 is 1. The molecular weight excluding hydrogens is 150 g/mol. The summed E-state index contributed by atoms with van der Waals surface area (Å²) in [4.78, 5) is 10.8. The molecule has 1 aromatic rings. The number of aryl methyl sites for hydroxylation is 1. The number of nitrogens with zero attached hydrogens (tertiary/aromatic N) is 1. The van der Waals surface area contributed by atoms with Crippen molar-refractivity contribution >= 4 is 17.5 Å². The van der Waals surface area contributed by atoms with Crippen molar-refractivity contribution in [2.75, 3.05) is 7.11 Å². The van der Waals surface area contributed by atoms with Crippen molar-refractivity contribution < 1.29 is 9.53 Å². The van der Waals surface area contributed by atoms with E-state index in [0.29, 0.717) is 5.56 Å². The second-order valence-electron chi connectivity index (χ2n) is 1.81. The van der Waals surface area contributed by atoms with Gasteiger partial charge in [-0.3, -0.25) is 0 Å². The molecule has 10 heavy (non-hydrogen) atoms. The molecule has 0 N–H and O–H groups in total. The van der Waals surface area contributed by atoms with Crippen LogP contribution in [0.5, 0.6) is 0 Å². The third-order valence-corrected chi connectivity index (χ3v) is 1.88. The van der Waals surface area contributed by atoms with Gasteiger partial charge in [-0.2, -0.15) is 4.37 Å². The van der Waals surface area contributed by atoms with Gasteiger partial charge in [0, 0.05) is 5.38 Å². The molecule has 0 aliphatic carbocycles. The van der Waals surface area contributed by atoms with Crippen molar-refractivity contribution in [1.82, 2.24) is 4.37 Å². The first-order chi connectivity index (χ1) is 4.75. The van der Waals surface area contributed by atoms with Crippen LogP contribution in [-0.2, 0) is 4.74 Å². The van der Waals surface area contributed by atoms with E-state index in [1.807, 2.05) is 0 Å². The van der Waals surface area contributed by atoms with Crippen molar-refractivity contribution in [2.24, 2.45) is 0 Å². The minimum absolute atomic E-state index is 0.314. The number of hydrogen-bond donors (Lipinski definition) is 0. The number of rotatable bonds is 1. The van der Waals surface area contributed by atoms with E-state index in [1.165, 1.54) is 18.6 Å². The lowest BCUT2D eigenvalue weighted by Gasteiger charge is -1.93. The molecule has 1 rings (SSSR count). The Hall–Kier alpha value is -0.900. The average molecular weight is 157 g/mol. The highest BCUT2D eigenvalue weighted by Crippen LogP contribution is 2.09. The molecule has 0 aromatic carbocycles. The fourth-order valence-electron chi connectivity index (χ4n) is 0.598. The minimum Gasteiger partial charge on any atom is -0.465 e. The van der Waals surface area contributed by atoms with Crippen molar-refractivity contribution in [1.29, 1.82) is 0 Å². The van der Waals surface area contributed by atoms with Crippen LogP contribution in [-0.4, -0.2) is 17.5 Å². The maximum Gasteiger partial charge on any atom is 0.340 e. The predicted octanol–water partition coefficient (Wildman–Crippen LogP) is 1.24. The van der Waals surface area contributed by atoms with Crippen LogP contribution in [0.3, 0.4) is 0 Å². The van der Waals surface area contributed by atoms with Crippen LogP contribution in [0.25, 0.3) is 0 Å². The van der Waals surface area contributed by atoms with E-state index in [0.717, 1.165) is 5.69 Å². The number of carbonyl (C=O) groups is 1. The largest absolute Gasteiger partial charge is 0.465 e. The number of esters is 1. The molecular formula is C6H7NO2S. The van der Waals surface area contributed by atoms with E-state index in [9.17, 15) is 4.79 Å². The van der Waals surface area contributed by atoms with Crippen LogP contribution in [0.2, 0.25) is 0 Å². The summed E-state index contributed by atoms with van der Waals surface area (Å²) in [5, 5.41) is 1.68. The predicted molar refractivity (Wildman–Crippen MR) is 38.2 cm³/mol. The molecule has 0 atom stereocenters. The monoisotopic (exact) mass is 157 g/mol. The van der Waals surface area contributed by atoms with Crippen LogP contribution in [0.1, 0.15) is 16.1 Å². The fourth-order valence-corrected chi connectivity index (χ4v) is 1.28. The first-order valence-corrected chi connectivity index (χ1v) is 3.58. The molecule has 0 saturated heterocycles. The summed E-state index contributed by atoms with van der Waals surface area (Å²) in [7, 11) is 1.36. The molecule has 3 nitrogen and oxygen atoms in total. The van der Waals surface area contributed by atoms with Crippen LogP contribution in [0.4, 0.5) is 0 Å².